The fourth-order valence-corrected chi connectivity index (χ4v) is 4.95. The van der Waals surface area contributed by atoms with Crippen molar-refractivity contribution in [2.75, 3.05) is 13.1 Å². The molecule has 3 rings (SSSR count). The van der Waals surface area contributed by atoms with Crippen molar-refractivity contribution in [3.8, 4) is 0 Å². The lowest BCUT2D eigenvalue weighted by Gasteiger charge is -2.23. The molecule has 0 saturated carbocycles. The number of carbonyl (C=O) groups is 1. The van der Waals surface area contributed by atoms with Crippen molar-refractivity contribution >= 4 is 39.2 Å². The van der Waals surface area contributed by atoms with Crippen molar-refractivity contribution in [3.63, 3.8) is 0 Å². The zero-order chi connectivity index (χ0) is 14.7. The zero-order valence-electron chi connectivity index (χ0n) is 12.2. The number of thiazole rings is 1. The van der Waals surface area contributed by atoms with E-state index in [1.807, 2.05) is 30.0 Å². The van der Waals surface area contributed by atoms with E-state index in [1.165, 1.54) is 17.5 Å². The molecule has 112 valence electrons. The Morgan fingerprint density at radius 1 is 1.24 bits per heavy atom. The van der Waals surface area contributed by atoms with Gasteiger partial charge >= 0.3 is 0 Å². The highest BCUT2D eigenvalue weighted by Crippen LogP contribution is 2.32. The van der Waals surface area contributed by atoms with Crippen LogP contribution in [0.1, 0.15) is 32.6 Å². The average molecular weight is 320 g/mol. The van der Waals surface area contributed by atoms with Crippen molar-refractivity contribution in [2.24, 2.45) is 0 Å². The van der Waals surface area contributed by atoms with E-state index >= 15 is 0 Å². The number of rotatable bonds is 3. The SMILES string of the molecule is CC(Sc1nc2ccccc2s1)C(=O)N1CCCCCC1. The summed E-state index contributed by atoms with van der Waals surface area (Å²) >= 11 is 3.27. The predicted octanol–water partition coefficient (Wildman–Crippen LogP) is 4.18. The first-order valence-electron chi connectivity index (χ1n) is 7.55. The van der Waals surface area contributed by atoms with Crippen LogP contribution in [0.5, 0.6) is 0 Å². The molecule has 3 nitrogen and oxygen atoms in total. The number of para-hydroxylation sites is 1. The van der Waals surface area contributed by atoms with Gasteiger partial charge in [0.15, 0.2) is 4.34 Å². The summed E-state index contributed by atoms with van der Waals surface area (Å²) in [4.78, 5) is 19.2. The van der Waals surface area contributed by atoms with Gasteiger partial charge in [0, 0.05) is 13.1 Å². The Balaban J connectivity index is 1.67. The largest absolute Gasteiger partial charge is 0.342 e. The maximum atomic E-state index is 12.6. The molecule has 1 fully saturated rings. The van der Waals surface area contributed by atoms with E-state index in [0.717, 1.165) is 35.8 Å². The van der Waals surface area contributed by atoms with Crippen LogP contribution in [0, 0.1) is 0 Å². The Kier molecular flexibility index (Phi) is 4.80. The summed E-state index contributed by atoms with van der Waals surface area (Å²) in [5, 5.41) is -0.0522. The van der Waals surface area contributed by atoms with Gasteiger partial charge in [-0.15, -0.1) is 11.3 Å². The van der Waals surface area contributed by atoms with E-state index < -0.39 is 0 Å². The summed E-state index contributed by atoms with van der Waals surface area (Å²) in [6, 6.07) is 8.14. The standard InChI is InChI=1S/C16H20N2OS2/c1-12(15(19)18-10-6-2-3-7-11-18)20-16-17-13-8-4-5-9-14(13)21-16/h4-5,8-9,12H,2-3,6-7,10-11H2,1H3. The van der Waals surface area contributed by atoms with Crippen LogP contribution in [0.15, 0.2) is 28.6 Å². The highest BCUT2D eigenvalue weighted by molar-refractivity contribution is 8.02. The summed E-state index contributed by atoms with van der Waals surface area (Å²) in [6.45, 7) is 3.84. The van der Waals surface area contributed by atoms with Crippen LogP contribution in [0.2, 0.25) is 0 Å². The number of likely N-dealkylation sites (tertiary alicyclic amines) is 1. The normalized spacial score (nSPS) is 17.7. The molecule has 1 aromatic heterocycles. The maximum Gasteiger partial charge on any atom is 0.235 e. The molecule has 5 heteroatoms. The molecule has 1 unspecified atom stereocenters. The maximum absolute atomic E-state index is 12.6. The van der Waals surface area contributed by atoms with E-state index in [-0.39, 0.29) is 11.2 Å². The first-order valence-corrected chi connectivity index (χ1v) is 9.24. The van der Waals surface area contributed by atoms with Gasteiger partial charge in [-0.3, -0.25) is 4.79 Å². The number of benzene rings is 1. The van der Waals surface area contributed by atoms with Gasteiger partial charge in [0.05, 0.1) is 15.5 Å². The molecule has 1 aliphatic heterocycles. The lowest BCUT2D eigenvalue weighted by atomic mass is 10.2. The molecule has 1 aromatic carbocycles. The number of hydrogen-bond donors (Lipinski definition) is 0. The lowest BCUT2D eigenvalue weighted by Crippen LogP contribution is -2.37. The minimum absolute atomic E-state index is 0.0522. The minimum Gasteiger partial charge on any atom is -0.342 e. The van der Waals surface area contributed by atoms with E-state index in [1.54, 1.807) is 23.1 Å². The van der Waals surface area contributed by atoms with E-state index in [2.05, 4.69) is 11.1 Å². The Labute approximate surface area is 133 Å². The molecule has 0 aliphatic carbocycles. The molecule has 0 spiro atoms. The number of nitrogens with zero attached hydrogens (tertiary/aromatic N) is 2. The molecule has 1 aliphatic rings. The van der Waals surface area contributed by atoms with Gasteiger partial charge in [-0.2, -0.15) is 0 Å². The smallest absolute Gasteiger partial charge is 0.235 e. The number of amides is 1. The first-order chi connectivity index (χ1) is 10.2. The molecule has 0 N–H and O–H groups in total. The summed E-state index contributed by atoms with van der Waals surface area (Å²) < 4.78 is 2.18. The highest BCUT2D eigenvalue weighted by atomic mass is 32.2. The molecule has 1 atom stereocenters. The molecule has 21 heavy (non-hydrogen) atoms. The van der Waals surface area contributed by atoms with Crippen molar-refractivity contribution in [1.82, 2.24) is 9.88 Å². The number of hydrogen-bond acceptors (Lipinski definition) is 4. The first kappa shape index (κ1) is 14.9. The van der Waals surface area contributed by atoms with Crippen LogP contribution in [0.3, 0.4) is 0 Å². The van der Waals surface area contributed by atoms with Crippen molar-refractivity contribution < 1.29 is 4.79 Å². The average Bonchev–Trinajstić information content (AvgIpc) is 2.71. The Hall–Kier alpha value is -1.07. The van der Waals surface area contributed by atoms with E-state index in [4.69, 9.17) is 0 Å². The second-order valence-electron chi connectivity index (χ2n) is 5.45. The summed E-state index contributed by atoms with van der Waals surface area (Å²) in [5.74, 6) is 0.265. The second-order valence-corrected chi connectivity index (χ2v) is 8.07. The molecular formula is C16H20N2OS2. The van der Waals surface area contributed by atoms with Gasteiger partial charge in [-0.05, 0) is 31.9 Å². The Morgan fingerprint density at radius 2 is 1.95 bits per heavy atom. The summed E-state index contributed by atoms with van der Waals surface area (Å²) in [5.41, 5.74) is 1.03. The third-order valence-electron chi connectivity index (χ3n) is 3.82. The van der Waals surface area contributed by atoms with Gasteiger partial charge < -0.3 is 4.90 Å². The van der Waals surface area contributed by atoms with Crippen LogP contribution in [0.25, 0.3) is 10.2 Å². The lowest BCUT2D eigenvalue weighted by molar-refractivity contribution is -0.130. The fraction of sp³-hybridized carbons (Fsp3) is 0.500. The predicted molar refractivity (Wildman–Crippen MR) is 90.0 cm³/mol. The number of carbonyl (C=O) groups excluding carboxylic acids is 1. The van der Waals surface area contributed by atoms with Gasteiger partial charge in [-0.25, -0.2) is 4.98 Å². The number of aromatic nitrogens is 1. The third kappa shape index (κ3) is 3.58. The molecule has 1 saturated heterocycles. The second kappa shape index (κ2) is 6.79. The fourth-order valence-electron chi connectivity index (χ4n) is 2.65. The molecule has 2 heterocycles. The van der Waals surface area contributed by atoms with Gasteiger partial charge in [0.2, 0.25) is 5.91 Å². The Bertz CT molecular complexity index is 585. The number of thioether (sulfide) groups is 1. The molecule has 0 bridgehead atoms. The summed E-state index contributed by atoms with van der Waals surface area (Å²) in [7, 11) is 0. The zero-order valence-corrected chi connectivity index (χ0v) is 13.9. The molecule has 2 aromatic rings. The van der Waals surface area contributed by atoms with Crippen molar-refractivity contribution in [3.05, 3.63) is 24.3 Å². The van der Waals surface area contributed by atoms with Gasteiger partial charge in [0.25, 0.3) is 0 Å². The van der Waals surface area contributed by atoms with E-state index in [0.29, 0.717) is 0 Å². The molecule has 1 amide bonds. The van der Waals surface area contributed by atoms with Crippen LogP contribution in [0.4, 0.5) is 0 Å². The number of fused-ring (bicyclic) bond motifs is 1. The molecule has 0 radical (unpaired) electrons. The van der Waals surface area contributed by atoms with Crippen LogP contribution < -0.4 is 0 Å². The summed E-state index contributed by atoms with van der Waals surface area (Å²) in [6.07, 6.45) is 4.79. The Morgan fingerprint density at radius 3 is 2.67 bits per heavy atom. The van der Waals surface area contributed by atoms with Gasteiger partial charge in [0.1, 0.15) is 0 Å². The topological polar surface area (TPSA) is 33.2 Å². The van der Waals surface area contributed by atoms with Crippen molar-refractivity contribution in [1.29, 1.82) is 0 Å². The third-order valence-corrected chi connectivity index (χ3v) is 6.04. The van der Waals surface area contributed by atoms with Gasteiger partial charge in [-0.1, -0.05) is 36.7 Å². The van der Waals surface area contributed by atoms with Crippen LogP contribution in [-0.4, -0.2) is 34.1 Å². The highest BCUT2D eigenvalue weighted by Gasteiger charge is 2.23. The quantitative estimate of drug-likeness (QED) is 0.796. The van der Waals surface area contributed by atoms with Crippen molar-refractivity contribution in [2.45, 2.75) is 42.2 Å². The van der Waals surface area contributed by atoms with E-state index in [9.17, 15) is 4.79 Å². The van der Waals surface area contributed by atoms with Crippen LogP contribution in [-0.2, 0) is 4.79 Å². The van der Waals surface area contributed by atoms with Crippen LogP contribution >= 0.6 is 23.1 Å². The minimum atomic E-state index is -0.0522. The molecular weight excluding hydrogens is 300 g/mol. The monoisotopic (exact) mass is 320 g/mol.